The van der Waals surface area contributed by atoms with Crippen molar-refractivity contribution in [1.82, 2.24) is 10.0 Å². The second-order valence-electron chi connectivity index (χ2n) is 2.71. The van der Waals surface area contributed by atoms with Crippen molar-refractivity contribution in [1.29, 1.82) is 0 Å². The standard InChI is InChI=1S/C6H13F3N2O2S/c1-10-3-2-4-14(12,13)11-5-6(7,8)9/h10-11H,2-5H2,1H3. The van der Waals surface area contributed by atoms with Gasteiger partial charge in [0.05, 0.1) is 5.75 Å². The first-order valence-electron chi connectivity index (χ1n) is 3.95. The van der Waals surface area contributed by atoms with Crippen LogP contribution in [0.2, 0.25) is 0 Å². The lowest BCUT2D eigenvalue weighted by Crippen LogP contribution is -2.35. The molecule has 0 saturated carbocycles. The van der Waals surface area contributed by atoms with E-state index in [2.05, 4.69) is 5.32 Å². The molecule has 0 amide bonds. The minimum atomic E-state index is -4.50. The Hall–Kier alpha value is -0.340. The summed E-state index contributed by atoms with van der Waals surface area (Å²) in [7, 11) is -2.16. The molecular formula is C6H13F3N2O2S. The Morgan fingerprint density at radius 1 is 1.29 bits per heavy atom. The predicted molar refractivity (Wildman–Crippen MR) is 46.4 cm³/mol. The van der Waals surface area contributed by atoms with Crippen molar-refractivity contribution in [3.63, 3.8) is 0 Å². The zero-order chi connectivity index (χ0) is 11.2. The van der Waals surface area contributed by atoms with Crippen LogP contribution < -0.4 is 10.0 Å². The van der Waals surface area contributed by atoms with Crippen LogP contribution >= 0.6 is 0 Å². The lowest BCUT2D eigenvalue weighted by molar-refractivity contribution is -0.121. The molecule has 0 radical (unpaired) electrons. The van der Waals surface area contributed by atoms with E-state index >= 15 is 0 Å². The molecule has 14 heavy (non-hydrogen) atoms. The third kappa shape index (κ3) is 8.27. The monoisotopic (exact) mass is 234 g/mol. The van der Waals surface area contributed by atoms with Crippen LogP contribution in [0.3, 0.4) is 0 Å². The summed E-state index contributed by atoms with van der Waals surface area (Å²) >= 11 is 0. The summed E-state index contributed by atoms with van der Waals surface area (Å²) < 4.78 is 58.2. The molecule has 0 aliphatic rings. The van der Waals surface area contributed by atoms with Crippen LogP contribution in [0, 0.1) is 0 Å². The molecule has 0 rings (SSSR count). The molecule has 0 heterocycles. The number of nitrogens with one attached hydrogen (secondary N) is 2. The second kappa shape index (κ2) is 5.52. The van der Waals surface area contributed by atoms with Crippen LogP contribution in [0.15, 0.2) is 0 Å². The average molecular weight is 234 g/mol. The van der Waals surface area contributed by atoms with Crippen molar-refractivity contribution in [2.75, 3.05) is 25.9 Å². The van der Waals surface area contributed by atoms with Crippen molar-refractivity contribution < 1.29 is 21.6 Å². The van der Waals surface area contributed by atoms with Gasteiger partial charge in [-0.1, -0.05) is 0 Å². The van der Waals surface area contributed by atoms with Crippen molar-refractivity contribution >= 4 is 10.0 Å². The quantitative estimate of drug-likeness (QED) is 0.640. The molecule has 0 aromatic heterocycles. The lowest BCUT2D eigenvalue weighted by Gasteiger charge is -2.08. The Balaban J connectivity index is 3.85. The molecular weight excluding hydrogens is 221 g/mol. The van der Waals surface area contributed by atoms with Crippen LogP contribution in [0.25, 0.3) is 0 Å². The molecule has 0 fully saturated rings. The van der Waals surface area contributed by atoms with E-state index in [1.165, 1.54) is 4.72 Å². The van der Waals surface area contributed by atoms with Crippen molar-refractivity contribution in [3.05, 3.63) is 0 Å². The fourth-order valence-electron chi connectivity index (χ4n) is 0.703. The van der Waals surface area contributed by atoms with E-state index in [0.717, 1.165) is 0 Å². The number of hydrogen-bond donors (Lipinski definition) is 2. The molecule has 0 atom stereocenters. The molecule has 8 heteroatoms. The zero-order valence-electron chi connectivity index (χ0n) is 7.69. The van der Waals surface area contributed by atoms with E-state index in [-0.39, 0.29) is 12.2 Å². The summed E-state index contributed by atoms with van der Waals surface area (Å²) in [6.45, 7) is -1.05. The van der Waals surface area contributed by atoms with E-state index in [1.807, 2.05) is 0 Å². The molecule has 0 aromatic rings. The number of hydrogen-bond acceptors (Lipinski definition) is 3. The van der Waals surface area contributed by atoms with Crippen LogP contribution in [0.1, 0.15) is 6.42 Å². The summed E-state index contributed by atoms with van der Waals surface area (Å²) in [6, 6.07) is 0. The normalized spacial score (nSPS) is 13.1. The van der Waals surface area contributed by atoms with Gasteiger partial charge >= 0.3 is 6.18 Å². The molecule has 4 nitrogen and oxygen atoms in total. The molecule has 0 saturated heterocycles. The minimum absolute atomic E-state index is 0.281. The first-order valence-corrected chi connectivity index (χ1v) is 5.61. The molecule has 86 valence electrons. The van der Waals surface area contributed by atoms with Gasteiger partial charge in [-0.15, -0.1) is 0 Å². The summed E-state index contributed by atoms with van der Waals surface area (Å²) in [5.74, 6) is -0.302. The topological polar surface area (TPSA) is 58.2 Å². The van der Waals surface area contributed by atoms with E-state index in [0.29, 0.717) is 6.54 Å². The van der Waals surface area contributed by atoms with Crippen molar-refractivity contribution in [3.8, 4) is 0 Å². The fraction of sp³-hybridized carbons (Fsp3) is 1.00. The van der Waals surface area contributed by atoms with Gasteiger partial charge in [-0.3, -0.25) is 0 Å². The highest BCUT2D eigenvalue weighted by molar-refractivity contribution is 7.89. The predicted octanol–water partition coefficient (Wildman–Crippen LogP) is 0.0776. The number of alkyl halides is 3. The first kappa shape index (κ1) is 13.7. The maximum absolute atomic E-state index is 11.6. The van der Waals surface area contributed by atoms with Gasteiger partial charge in [-0.25, -0.2) is 13.1 Å². The summed E-state index contributed by atoms with van der Waals surface area (Å²) in [4.78, 5) is 0. The van der Waals surface area contributed by atoms with Crippen LogP contribution in [0.4, 0.5) is 13.2 Å². The fourth-order valence-corrected chi connectivity index (χ4v) is 1.76. The van der Waals surface area contributed by atoms with E-state index in [4.69, 9.17) is 0 Å². The van der Waals surface area contributed by atoms with Gasteiger partial charge in [0, 0.05) is 0 Å². The molecule has 0 unspecified atom stereocenters. The molecule has 0 aliphatic heterocycles. The van der Waals surface area contributed by atoms with Crippen molar-refractivity contribution in [2.45, 2.75) is 12.6 Å². The lowest BCUT2D eigenvalue weighted by atomic mass is 10.5. The van der Waals surface area contributed by atoms with E-state index < -0.39 is 22.7 Å². The summed E-state index contributed by atoms with van der Waals surface area (Å²) in [5, 5.41) is 2.70. The Kier molecular flexibility index (Phi) is 5.38. The van der Waals surface area contributed by atoms with Gasteiger partial charge in [-0.05, 0) is 20.0 Å². The second-order valence-corrected chi connectivity index (χ2v) is 4.64. The Labute approximate surface area is 80.9 Å². The smallest absolute Gasteiger partial charge is 0.320 e. The Morgan fingerprint density at radius 2 is 1.86 bits per heavy atom. The highest BCUT2D eigenvalue weighted by Crippen LogP contribution is 2.12. The van der Waals surface area contributed by atoms with Gasteiger partial charge in [-0.2, -0.15) is 13.2 Å². The van der Waals surface area contributed by atoms with Crippen LogP contribution in [0.5, 0.6) is 0 Å². The van der Waals surface area contributed by atoms with Crippen LogP contribution in [-0.4, -0.2) is 40.5 Å². The molecule has 0 spiro atoms. The van der Waals surface area contributed by atoms with E-state index in [1.54, 1.807) is 7.05 Å². The van der Waals surface area contributed by atoms with Gasteiger partial charge in [0.15, 0.2) is 0 Å². The molecule has 0 bridgehead atoms. The first-order chi connectivity index (χ1) is 6.27. The van der Waals surface area contributed by atoms with Gasteiger partial charge in [0.1, 0.15) is 6.54 Å². The highest BCUT2D eigenvalue weighted by Gasteiger charge is 2.29. The minimum Gasteiger partial charge on any atom is -0.320 e. The Bertz CT molecular complexity index is 250. The summed E-state index contributed by atoms with van der Waals surface area (Å²) in [6.07, 6.45) is -4.22. The highest BCUT2D eigenvalue weighted by atomic mass is 32.2. The molecule has 0 aliphatic carbocycles. The SMILES string of the molecule is CNCCCS(=O)(=O)NCC(F)(F)F. The maximum Gasteiger partial charge on any atom is 0.402 e. The molecule has 0 aromatic carbocycles. The largest absolute Gasteiger partial charge is 0.402 e. The third-order valence-electron chi connectivity index (χ3n) is 1.33. The zero-order valence-corrected chi connectivity index (χ0v) is 8.50. The number of halogens is 3. The van der Waals surface area contributed by atoms with Crippen LogP contribution in [-0.2, 0) is 10.0 Å². The number of rotatable bonds is 6. The summed E-state index contributed by atoms with van der Waals surface area (Å²) in [5.41, 5.74) is 0. The van der Waals surface area contributed by atoms with Gasteiger partial charge in [0.25, 0.3) is 0 Å². The maximum atomic E-state index is 11.6. The number of sulfonamides is 1. The Morgan fingerprint density at radius 3 is 2.29 bits per heavy atom. The third-order valence-corrected chi connectivity index (χ3v) is 2.74. The van der Waals surface area contributed by atoms with Gasteiger partial charge < -0.3 is 5.32 Å². The average Bonchev–Trinajstić information content (AvgIpc) is 2.00. The molecule has 2 N–H and O–H groups in total. The van der Waals surface area contributed by atoms with Gasteiger partial charge in [0.2, 0.25) is 10.0 Å². The van der Waals surface area contributed by atoms with E-state index in [9.17, 15) is 21.6 Å². The van der Waals surface area contributed by atoms with Crippen molar-refractivity contribution in [2.24, 2.45) is 0 Å².